The molecule has 3 atom stereocenters. The summed E-state index contributed by atoms with van der Waals surface area (Å²) < 4.78 is 0. The number of nitrogens with zero attached hydrogens (tertiary/aromatic N) is 1. The quantitative estimate of drug-likeness (QED) is 0.757. The largest absolute Gasteiger partial charge is 0.481 e. The zero-order chi connectivity index (χ0) is 19.2. The molecular formula is C23H26N2O2. The highest BCUT2D eigenvalue weighted by molar-refractivity contribution is 5.67. The summed E-state index contributed by atoms with van der Waals surface area (Å²) in [6, 6.07) is 19.1. The molecule has 4 heteroatoms. The van der Waals surface area contributed by atoms with Crippen molar-refractivity contribution in [2.24, 2.45) is 0 Å². The highest BCUT2D eigenvalue weighted by Crippen LogP contribution is 2.35. The van der Waals surface area contributed by atoms with E-state index in [9.17, 15) is 4.79 Å². The molecule has 0 bridgehead atoms. The third kappa shape index (κ3) is 5.18. The van der Waals surface area contributed by atoms with E-state index in [1.807, 2.05) is 18.2 Å². The van der Waals surface area contributed by atoms with E-state index in [1.165, 1.54) is 5.56 Å². The van der Waals surface area contributed by atoms with Crippen LogP contribution in [0, 0.1) is 11.3 Å². The molecule has 0 aliphatic heterocycles. The van der Waals surface area contributed by atoms with Gasteiger partial charge < -0.3 is 10.4 Å². The lowest BCUT2D eigenvalue weighted by Gasteiger charge is -2.20. The van der Waals surface area contributed by atoms with Crippen LogP contribution in [0.25, 0.3) is 0 Å². The molecule has 3 rings (SSSR count). The Hall–Kier alpha value is -2.64. The van der Waals surface area contributed by atoms with E-state index >= 15 is 0 Å². The number of hydrogen-bond acceptors (Lipinski definition) is 3. The van der Waals surface area contributed by atoms with E-state index in [2.05, 4.69) is 48.6 Å². The van der Waals surface area contributed by atoms with Crippen LogP contribution in [-0.4, -0.2) is 17.1 Å². The summed E-state index contributed by atoms with van der Waals surface area (Å²) in [6.45, 7) is 2.15. The van der Waals surface area contributed by atoms with E-state index in [4.69, 9.17) is 10.4 Å². The number of rotatable bonds is 7. The van der Waals surface area contributed by atoms with Gasteiger partial charge in [0.15, 0.2) is 0 Å². The van der Waals surface area contributed by atoms with Gasteiger partial charge in [0.05, 0.1) is 11.6 Å². The average Bonchev–Trinajstić information content (AvgIpc) is 3.15. The van der Waals surface area contributed by atoms with Gasteiger partial charge in [-0.1, -0.05) is 36.4 Å². The third-order valence-corrected chi connectivity index (χ3v) is 5.51. The first-order valence-electron chi connectivity index (χ1n) is 9.62. The molecule has 1 aliphatic carbocycles. The lowest BCUT2D eigenvalue weighted by Crippen LogP contribution is -2.29. The Morgan fingerprint density at radius 1 is 1.26 bits per heavy atom. The zero-order valence-corrected chi connectivity index (χ0v) is 15.7. The number of nitriles is 1. The van der Waals surface area contributed by atoms with Crippen LogP contribution in [-0.2, 0) is 11.2 Å². The second kappa shape index (κ2) is 8.83. The first kappa shape index (κ1) is 19.1. The van der Waals surface area contributed by atoms with E-state index in [0.29, 0.717) is 23.9 Å². The third-order valence-electron chi connectivity index (χ3n) is 5.51. The highest BCUT2D eigenvalue weighted by Gasteiger charge is 2.27. The van der Waals surface area contributed by atoms with Gasteiger partial charge in [0, 0.05) is 18.5 Å². The minimum atomic E-state index is -0.752. The molecule has 0 aromatic heterocycles. The summed E-state index contributed by atoms with van der Waals surface area (Å²) in [6.07, 6.45) is 4.19. The average molecular weight is 362 g/mol. The van der Waals surface area contributed by atoms with Crippen LogP contribution in [0.2, 0.25) is 0 Å². The molecule has 0 spiro atoms. The summed E-state index contributed by atoms with van der Waals surface area (Å²) in [7, 11) is 0. The topological polar surface area (TPSA) is 73.1 Å². The fraction of sp³-hybridized carbons (Fsp3) is 0.391. The molecule has 1 aliphatic rings. The van der Waals surface area contributed by atoms with Crippen LogP contribution in [0.3, 0.4) is 0 Å². The van der Waals surface area contributed by atoms with Gasteiger partial charge >= 0.3 is 5.97 Å². The standard InChI is InChI=1S/C23H26N2O2/c1-16(20-4-2-3-18(13-20)15-24)25-22-11-10-21(14-22)19-8-5-17(6-9-19)7-12-23(26)27/h2-6,8-9,13,16,21-22,25H,7,10-12,14H2,1H3,(H,26,27)/t16-,21+,22-/m0/s1. The van der Waals surface area contributed by atoms with Gasteiger partial charge in [0.25, 0.3) is 0 Å². The smallest absolute Gasteiger partial charge is 0.303 e. The Morgan fingerprint density at radius 2 is 2.04 bits per heavy atom. The van der Waals surface area contributed by atoms with E-state index < -0.39 is 5.97 Å². The molecule has 1 saturated carbocycles. The van der Waals surface area contributed by atoms with Gasteiger partial charge in [-0.25, -0.2) is 0 Å². The fourth-order valence-corrected chi connectivity index (χ4v) is 3.97. The van der Waals surface area contributed by atoms with Crippen LogP contribution in [0.15, 0.2) is 48.5 Å². The van der Waals surface area contributed by atoms with Crippen LogP contribution in [0.4, 0.5) is 0 Å². The molecule has 0 amide bonds. The van der Waals surface area contributed by atoms with Crippen molar-refractivity contribution >= 4 is 5.97 Å². The Kier molecular flexibility index (Phi) is 6.26. The number of nitrogens with one attached hydrogen (secondary N) is 1. The molecule has 27 heavy (non-hydrogen) atoms. The second-order valence-corrected chi connectivity index (χ2v) is 7.47. The summed E-state index contributed by atoms with van der Waals surface area (Å²) in [5, 5.41) is 21.6. The SMILES string of the molecule is C[C@H](N[C@H]1CC[C@@H](c2ccc(CCC(=O)O)cc2)C1)c1cccc(C#N)c1. The minimum absolute atomic E-state index is 0.180. The van der Waals surface area contributed by atoms with E-state index in [-0.39, 0.29) is 12.5 Å². The lowest BCUT2D eigenvalue weighted by atomic mass is 9.95. The van der Waals surface area contributed by atoms with E-state index in [0.717, 1.165) is 30.4 Å². The van der Waals surface area contributed by atoms with Crippen molar-refractivity contribution in [3.05, 3.63) is 70.8 Å². The number of carboxylic acid groups (broad SMARTS) is 1. The van der Waals surface area contributed by atoms with Crippen molar-refractivity contribution in [3.63, 3.8) is 0 Å². The monoisotopic (exact) mass is 362 g/mol. The summed E-state index contributed by atoms with van der Waals surface area (Å²) >= 11 is 0. The van der Waals surface area contributed by atoms with Crippen LogP contribution < -0.4 is 5.32 Å². The molecule has 0 radical (unpaired) electrons. The number of carboxylic acids is 1. The molecule has 0 saturated heterocycles. The second-order valence-electron chi connectivity index (χ2n) is 7.47. The minimum Gasteiger partial charge on any atom is -0.481 e. The molecule has 140 valence electrons. The summed E-state index contributed by atoms with van der Waals surface area (Å²) in [4.78, 5) is 10.7. The molecule has 2 aromatic rings. The summed E-state index contributed by atoms with van der Waals surface area (Å²) in [5.41, 5.74) is 4.28. The Bertz CT molecular complexity index is 823. The number of hydrogen-bond donors (Lipinski definition) is 2. The predicted octanol–water partition coefficient (Wildman–Crippen LogP) is 4.56. The van der Waals surface area contributed by atoms with Crippen LogP contribution in [0.1, 0.15) is 66.8 Å². The fourth-order valence-electron chi connectivity index (χ4n) is 3.97. The van der Waals surface area contributed by atoms with E-state index in [1.54, 1.807) is 0 Å². The van der Waals surface area contributed by atoms with Crippen molar-refractivity contribution in [2.75, 3.05) is 0 Å². The number of benzene rings is 2. The summed E-state index contributed by atoms with van der Waals surface area (Å²) in [5.74, 6) is -0.202. The molecule has 4 nitrogen and oxygen atoms in total. The first-order chi connectivity index (χ1) is 13.0. The van der Waals surface area contributed by atoms with Gasteiger partial charge in [-0.05, 0) is 67.3 Å². The van der Waals surface area contributed by atoms with Crippen LogP contribution >= 0.6 is 0 Å². The highest BCUT2D eigenvalue weighted by atomic mass is 16.4. The maximum Gasteiger partial charge on any atom is 0.303 e. The normalized spacial score (nSPS) is 20.1. The molecule has 2 aromatic carbocycles. The maximum absolute atomic E-state index is 10.7. The van der Waals surface area contributed by atoms with Crippen molar-refractivity contribution < 1.29 is 9.90 Å². The van der Waals surface area contributed by atoms with Crippen molar-refractivity contribution in [2.45, 2.75) is 57.0 Å². The molecule has 1 fully saturated rings. The van der Waals surface area contributed by atoms with Gasteiger partial charge in [0.1, 0.15) is 0 Å². The number of carbonyl (C=O) groups is 1. The Labute approximate surface area is 160 Å². The molecular weight excluding hydrogens is 336 g/mol. The van der Waals surface area contributed by atoms with Crippen molar-refractivity contribution in [1.29, 1.82) is 5.26 Å². The van der Waals surface area contributed by atoms with Crippen molar-refractivity contribution in [3.8, 4) is 6.07 Å². The van der Waals surface area contributed by atoms with Crippen molar-refractivity contribution in [1.82, 2.24) is 5.32 Å². The molecule has 0 unspecified atom stereocenters. The Balaban J connectivity index is 1.55. The predicted molar refractivity (Wildman–Crippen MR) is 105 cm³/mol. The molecule has 2 N–H and O–H groups in total. The van der Waals surface area contributed by atoms with Gasteiger partial charge in [-0.3, -0.25) is 4.79 Å². The maximum atomic E-state index is 10.7. The first-order valence-corrected chi connectivity index (χ1v) is 9.62. The van der Waals surface area contributed by atoms with Crippen LogP contribution in [0.5, 0.6) is 0 Å². The number of aliphatic carboxylic acids is 1. The van der Waals surface area contributed by atoms with Gasteiger partial charge in [-0.2, -0.15) is 5.26 Å². The van der Waals surface area contributed by atoms with Gasteiger partial charge in [-0.15, -0.1) is 0 Å². The Morgan fingerprint density at radius 3 is 2.74 bits per heavy atom. The lowest BCUT2D eigenvalue weighted by molar-refractivity contribution is -0.136. The zero-order valence-electron chi connectivity index (χ0n) is 15.7. The number of aryl methyl sites for hydroxylation is 1. The molecule has 0 heterocycles. The van der Waals surface area contributed by atoms with Gasteiger partial charge in [0.2, 0.25) is 0 Å².